The van der Waals surface area contributed by atoms with E-state index in [0.29, 0.717) is 0 Å². The van der Waals surface area contributed by atoms with Gasteiger partial charge in [-0.15, -0.1) is 0 Å². The number of hydrogen-bond acceptors (Lipinski definition) is 3. The molecule has 4 rings (SSSR count). The van der Waals surface area contributed by atoms with Gasteiger partial charge in [0.05, 0.1) is 12.2 Å². The van der Waals surface area contributed by atoms with E-state index in [9.17, 15) is 0 Å². The number of fused-ring (bicyclic) bond motifs is 2. The number of aliphatic imine (C=N–C) groups is 1. The Hall–Kier alpha value is -1.22. The van der Waals surface area contributed by atoms with Crippen LogP contribution >= 0.6 is 11.8 Å². The molecule has 92 valence electrons. The highest BCUT2D eigenvalue weighted by atomic mass is 32.2. The van der Waals surface area contributed by atoms with Gasteiger partial charge < -0.3 is 4.90 Å². The molecule has 2 aliphatic heterocycles. The number of aryl methyl sites for hydroxylation is 2. The van der Waals surface area contributed by atoms with Crippen LogP contribution in [0.25, 0.3) is 5.70 Å². The average Bonchev–Trinajstić information content (AvgIpc) is 3.00. The topological polar surface area (TPSA) is 15.6 Å². The van der Waals surface area contributed by atoms with Crippen molar-refractivity contribution in [1.29, 1.82) is 0 Å². The molecule has 1 aromatic carbocycles. The van der Waals surface area contributed by atoms with Crippen molar-refractivity contribution >= 4 is 22.6 Å². The Bertz CT molecular complexity index is 560. The minimum absolute atomic E-state index is 0.949. The fraction of sp³-hybridized carbons (Fsp3) is 0.400. The highest BCUT2D eigenvalue weighted by molar-refractivity contribution is 8.16. The molecular weight excluding hydrogens is 240 g/mol. The van der Waals surface area contributed by atoms with E-state index in [4.69, 9.17) is 0 Å². The molecule has 0 radical (unpaired) electrons. The first kappa shape index (κ1) is 10.7. The Labute approximate surface area is 112 Å². The van der Waals surface area contributed by atoms with Crippen LogP contribution < -0.4 is 0 Å². The Morgan fingerprint density at radius 3 is 2.94 bits per heavy atom. The van der Waals surface area contributed by atoms with E-state index in [0.717, 1.165) is 13.1 Å². The third-order valence-electron chi connectivity index (χ3n) is 4.01. The van der Waals surface area contributed by atoms with Gasteiger partial charge in [-0.05, 0) is 48.4 Å². The predicted octanol–water partition coefficient (Wildman–Crippen LogP) is 3.28. The van der Waals surface area contributed by atoms with Crippen molar-refractivity contribution < 1.29 is 0 Å². The van der Waals surface area contributed by atoms with Crippen molar-refractivity contribution in [1.82, 2.24) is 4.90 Å². The maximum Gasteiger partial charge on any atom is 0.168 e. The van der Waals surface area contributed by atoms with Crippen molar-refractivity contribution in [2.75, 3.05) is 13.1 Å². The minimum Gasteiger partial charge on any atom is -0.318 e. The van der Waals surface area contributed by atoms with Gasteiger partial charge in [-0.25, -0.2) is 0 Å². The summed E-state index contributed by atoms with van der Waals surface area (Å²) in [4.78, 5) is 6.87. The lowest BCUT2D eigenvalue weighted by Crippen LogP contribution is -2.20. The van der Waals surface area contributed by atoms with E-state index in [1.54, 1.807) is 22.9 Å². The molecule has 18 heavy (non-hydrogen) atoms. The van der Waals surface area contributed by atoms with Crippen molar-refractivity contribution in [3.63, 3.8) is 0 Å². The summed E-state index contributed by atoms with van der Waals surface area (Å²) in [5, 5.41) is 3.44. The molecule has 0 amide bonds. The molecule has 2 heterocycles. The number of rotatable bonds is 1. The van der Waals surface area contributed by atoms with E-state index in [-0.39, 0.29) is 0 Å². The molecule has 0 atom stereocenters. The molecule has 2 nitrogen and oxygen atoms in total. The predicted molar refractivity (Wildman–Crippen MR) is 77.7 cm³/mol. The molecule has 0 fully saturated rings. The summed E-state index contributed by atoms with van der Waals surface area (Å²) < 4.78 is 0. The summed E-state index contributed by atoms with van der Waals surface area (Å²) in [6, 6.07) is 7.03. The zero-order valence-corrected chi connectivity index (χ0v) is 11.2. The Kier molecular flexibility index (Phi) is 2.47. The number of benzene rings is 1. The van der Waals surface area contributed by atoms with E-state index in [1.807, 2.05) is 0 Å². The maximum atomic E-state index is 4.51. The van der Waals surface area contributed by atoms with E-state index >= 15 is 0 Å². The lowest BCUT2D eigenvalue weighted by Gasteiger charge is -2.20. The summed E-state index contributed by atoms with van der Waals surface area (Å²) in [6.07, 6.45) is 5.22. The lowest BCUT2D eigenvalue weighted by atomic mass is 9.90. The van der Waals surface area contributed by atoms with Crippen LogP contribution in [-0.4, -0.2) is 23.2 Å². The first-order valence-electron chi connectivity index (χ1n) is 6.73. The molecule has 0 bridgehead atoms. The fourth-order valence-electron chi connectivity index (χ4n) is 3.04. The number of hydrogen-bond donors (Lipinski definition) is 0. The summed E-state index contributed by atoms with van der Waals surface area (Å²) in [7, 11) is 0. The quantitative estimate of drug-likeness (QED) is 0.766. The average molecular weight is 256 g/mol. The number of amidine groups is 1. The summed E-state index contributed by atoms with van der Waals surface area (Å²) >= 11 is 1.77. The summed E-state index contributed by atoms with van der Waals surface area (Å²) in [6.45, 7) is 2.00. The van der Waals surface area contributed by atoms with Crippen LogP contribution in [0.2, 0.25) is 0 Å². The highest BCUT2D eigenvalue weighted by Gasteiger charge is 2.27. The van der Waals surface area contributed by atoms with Crippen molar-refractivity contribution in [2.45, 2.75) is 25.7 Å². The van der Waals surface area contributed by atoms with Gasteiger partial charge in [0.25, 0.3) is 0 Å². The summed E-state index contributed by atoms with van der Waals surface area (Å²) in [5.41, 5.74) is 5.85. The second kappa shape index (κ2) is 4.16. The van der Waals surface area contributed by atoms with E-state index in [1.165, 1.54) is 42.1 Å². The van der Waals surface area contributed by atoms with Gasteiger partial charge in [-0.2, -0.15) is 0 Å². The molecule has 0 saturated carbocycles. The smallest absolute Gasteiger partial charge is 0.168 e. The van der Waals surface area contributed by atoms with Gasteiger partial charge in [-0.3, -0.25) is 4.99 Å². The van der Waals surface area contributed by atoms with Gasteiger partial charge in [0.1, 0.15) is 0 Å². The molecule has 3 heteroatoms. The second-order valence-corrected chi connectivity index (χ2v) is 5.96. The minimum atomic E-state index is 0.949. The van der Waals surface area contributed by atoms with Crippen LogP contribution in [0.3, 0.4) is 0 Å². The largest absolute Gasteiger partial charge is 0.318 e. The Morgan fingerprint density at radius 2 is 2.00 bits per heavy atom. The van der Waals surface area contributed by atoms with Gasteiger partial charge in [0, 0.05) is 12.0 Å². The van der Waals surface area contributed by atoms with Crippen LogP contribution in [0.1, 0.15) is 29.5 Å². The van der Waals surface area contributed by atoms with Crippen molar-refractivity contribution in [3.05, 3.63) is 40.3 Å². The third kappa shape index (κ3) is 1.61. The molecule has 1 aromatic rings. The molecule has 1 aliphatic carbocycles. The SMILES string of the molecule is C1=C(c2ccc3c(c2)CCCC3)N2CCN=C2S1. The van der Waals surface area contributed by atoms with Gasteiger partial charge in [0.2, 0.25) is 0 Å². The fourth-order valence-corrected chi connectivity index (χ4v) is 4.00. The Balaban J connectivity index is 1.71. The molecule has 0 unspecified atom stereocenters. The molecule has 0 aromatic heterocycles. The van der Waals surface area contributed by atoms with Crippen LogP contribution in [0.15, 0.2) is 28.6 Å². The normalized spacial score (nSPS) is 21.4. The molecule has 0 saturated heterocycles. The second-order valence-electron chi connectivity index (χ2n) is 5.13. The molecule has 3 aliphatic rings. The molecule has 0 spiro atoms. The number of nitrogens with zero attached hydrogens (tertiary/aromatic N) is 2. The molecule has 0 N–H and O–H groups in total. The standard InChI is InChI=1S/C15H16N2S/c1-2-4-12-9-13(6-5-11(12)3-1)14-10-18-15-16-7-8-17(14)15/h5-6,9-10H,1-4,7-8H2. The van der Waals surface area contributed by atoms with E-state index in [2.05, 4.69) is 33.5 Å². The van der Waals surface area contributed by atoms with Crippen LogP contribution in [0.4, 0.5) is 0 Å². The first-order valence-corrected chi connectivity index (χ1v) is 7.61. The van der Waals surface area contributed by atoms with Gasteiger partial charge in [-0.1, -0.05) is 23.9 Å². The maximum absolute atomic E-state index is 4.51. The van der Waals surface area contributed by atoms with Crippen molar-refractivity contribution in [3.8, 4) is 0 Å². The zero-order valence-electron chi connectivity index (χ0n) is 10.4. The highest BCUT2D eigenvalue weighted by Crippen LogP contribution is 2.36. The zero-order chi connectivity index (χ0) is 11.9. The van der Waals surface area contributed by atoms with Crippen LogP contribution in [-0.2, 0) is 12.8 Å². The van der Waals surface area contributed by atoms with Crippen LogP contribution in [0, 0.1) is 0 Å². The molecular formula is C15H16N2S. The first-order chi connectivity index (χ1) is 8.92. The van der Waals surface area contributed by atoms with Gasteiger partial charge in [0.15, 0.2) is 5.17 Å². The van der Waals surface area contributed by atoms with Crippen LogP contribution in [0.5, 0.6) is 0 Å². The Morgan fingerprint density at radius 1 is 1.11 bits per heavy atom. The lowest BCUT2D eigenvalue weighted by molar-refractivity contribution is 0.648. The van der Waals surface area contributed by atoms with Gasteiger partial charge >= 0.3 is 0 Å². The summed E-state index contributed by atoms with van der Waals surface area (Å²) in [5.74, 6) is 0. The van der Waals surface area contributed by atoms with E-state index < -0.39 is 0 Å². The third-order valence-corrected chi connectivity index (χ3v) is 4.91. The number of thioether (sulfide) groups is 1. The monoisotopic (exact) mass is 256 g/mol. The van der Waals surface area contributed by atoms with Crippen molar-refractivity contribution in [2.24, 2.45) is 4.99 Å².